The molecule has 0 saturated heterocycles. The monoisotopic (exact) mass is 180 g/mol. The summed E-state index contributed by atoms with van der Waals surface area (Å²) < 4.78 is 0. The van der Waals surface area contributed by atoms with E-state index in [0.717, 1.165) is 0 Å². The summed E-state index contributed by atoms with van der Waals surface area (Å²) in [5, 5.41) is 0. The molecule has 0 radical (unpaired) electrons. The van der Waals surface area contributed by atoms with Gasteiger partial charge >= 0.3 is 0 Å². The summed E-state index contributed by atoms with van der Waals surface area (Å²) in [4.78, 5) is 0. The highest BCUT2D eigenvalue weighted by Gasteiger charge is 2.06. The van der Waals surface area contributed by atoms with Crippen LogP contribution in [0.15, 0.2) is 23.8 Å². The van der Waals surface area contributed by atoms with Crippen molar-refractivity contribution in [1.29, 1.82) is 0 Å². The lowest BCUT2D eigenvalue weighted by Crippen LogP contribution is -2.01. The van der Waals surface area contributed by atoms with Crippen LogP contribution in [0.3, 0.4) is 0 Å². The Balaban J connectivity index is 4.40. The summed E-state index contributed by atoms with van der Waals surface area (Å²) in [6.07, 6.45) is 6.77. The SMILES string of the molecule is CC(/C=C\C(C)(C)C)=C/C(C)(C)C. The molecule has 0 nitrogen and oxygen atoms in total. The Hall–Kier alpha value is -0.520. The van der Waals surface area contributed by atoms with Gasteiger partial charge in [-0.05, 0) is 17.8 Å². The zero-order valence-corrected chi connectivity index (χ0v) is 10.2. The van der Waals surface area contributed by atoms with E-state index >= 15 is 0 Å². The third-order valence-corrected chi connectivity index (χ3v) is 1.51. The van der Waals surface area contributed by atoms with Gasteiger partial charge in [-0.25, -0.2) is 0 Å². The first-order valence-electron chi connectivity index (χ1n) is 4.99. The first kappa shape index (κ1) is 12.5. The molecule has 0 N–H and O–H groups in total. The number of hydrogen-bond acceptors (Lipinski definition) is 0. The Morgan fingerprint density at radius 1 is 0.846 bits per heavy atom. The molecule has 13 heavy (non-hydrogen) atoms. The van der Waals surface area contributed by atoms with Crippen molar-refractivity contribution < 1.29 is 0 Å². The highest BCUT2D eigenvalue weighted by atomic mass is 14.1. The molecule has 0 heterocycles. The lowest BCUT2D eigenvalue weighted by atomic mass is 9.91. The van der Waals surface area contributed by atoms with Crippen LogP contribution in [0.4, 0.5) is 0 Å². The number of hydrogen-bond donors (Lipinski definition) is 0. The molecule has 0 fully saturated rings. The van der Waals surface area contributed by atoms with Gasteiger partial charge in [0.15, 0.2) is 0 Å². The Labute approximate surface area is 83.7 Å². The largest absolute Gasteiger partial charge is 0.0789 e. The van der Waals surface area contributed by atoms with Crippen LogP contribution in [-0.2, 0) is 0 Å². The molecule has 0 amide bonds. The normalized spacial score (nSPS) is 15.5. The Morgan fingerprint density at radius 3 is 1.62 bits per heavy atom. The molecule has 0 bridgehead atoms. The molecular formula is C13H24. The highest BCUT2D eigenvalue weighted by molar-refractivity contribution is 5.19. The first-order chi connectivity index (χ1) is 5.60. The number of allylic oxidation sites excluding steroid dienone is 4. The number of rotatable bonds is 1. The van der Waals surface area contributed by atoms with E-state index in [0.29, 0.717) is 0 Å². The maximum Gasteiger partial charge on any atom is -0.0197 e. The van der Waals surface area contributed by atoms with Crippen LogP contribution in [0.1, 0.15) is 48.5 Å². The molecule has 0 atom stereocenters. The van der Waals surface area contributed by atoms with Gasteiger partial charge in [0.1, 0.15) is 0 Å². The molecule has 0 aromatic carbocycles. The van der Waals surface area contributed by atoms with Crippen molar-refractivity contribution in [3.63, 3.8) is 0 Å². The minimum absolute atomic E-state index is 0.284. The lowest BCUT2D eigenvalue weighted by molar-refractivity contribution is 0.536. The highest BCUT2D eigenvalue weighted by Crippen LogP contribution is 2.20. The van der Waals surface area contributed by atoms with Gasteiger partial charge in [-0.1, -0.05) is 65.3 Å². The van der Waals surface area contributed by atoms with Crippen molar-refractivity contribution in [1.82, 2.24) is 0 Å². The maximum absolute atomic E-state index is 2.30. The van der Waals surface area contributed by atoms with Crippen molar-refractivity contribution in [3.8, 4) is 0 Å². The Bertz CT molecular complexity index is 203. The van der Waals surface area contributed by atoms with Gasteiger partial charge in [0.2, 0.25) is 0 Å². The molecule has 0 heteroatoms. The van der Waals surface area contributed by atoms with Crippen LogP contribution in [0.25, 0.3) is 0 Å². The summed E-state index contributed by atoms with van der Waals surface area (Å²) in [5.74, 6) is 0. The van der Waals surface area contributed by atoms with E-state index in [1.54, 1.807) is 0 Å². The molecule has 0 aliphatic rings. The summed E-state index contributed by atoms with van der Waals surface area (Å²) in [5.41, 5.74) is 1.92. The second-order valence-corrected chi connectivity index (χ2v) is 5.95. The minimum atomic E-state index is 0.284. The van der Waals surface area contributed by atoms with E-state index in [1.807, 2.05) is 0 Å². The van der Waals surface area contributed by atoms with E-state index in [1.165, 1.54) is 5.57 Å². The molecule has 0 aliphatic carbocycles. The van der Waals surface area contributed by atoms with Crippen LogP contribution in [0.2, 0.25) is 0 Å². The fourth-order valence-electron chi connectivity index (χ4n) is 1.11. The molecule has 0 unspecified atom stereocenters. The fourth-order valence-corrected chi connectivity index (χ4v) is 1.11. The quantitative estimate of drug-likeness (QED) is 0.518. The average molecular weight is 180 g/mol. The van der Waals surface area contributed by atoms with Gasteiger partial charge < -0.3 is 0 Å². The van der Waals surface area contributed by atoms with E-state index in [2.05, 4.69) is 66.7 Å². The summed E-state index contributed by atoms with van der Waals surface area (Å²) in [6.45, 7) is 15.5. The zero-order valence-electron chi connectivity index (χ0n) is 10.2. The standard InChI is InChI=1S/C13H24/c1-11(10-13(5,6)7)8-9-12(2,3)4/h8-10H,1-7H3/b9-8-,11-10-. The third kappa shape index (κ3) is 9.39. The smallest absolute Gasteiger partial charge is 0.0197 e. The Morgan fingerprint density at radius 2 is 1.31 bits per heavy atom. The van der Waals surface area contributed by atoms with Crippen LogP contribution < -0.4 is 0 Å². The first-order valence-corrected chi connectivity index (χ1v) is 4.99. The molecule has 0 aliphatic heterocycles. The second kappa shape index (κ2) is 4.13. The van der Waals surface area contributed by atoms with Gasteiger partial charge in [0.25, 0.3) is 0 Å². The van der Waals surface area contributed by atoms with Crippen molar-refractivity contribution in [2.45, 2.75) is 48.5 Å². The minimum Gasteiger partial charge on any atom is -0.0789 e. The van der Waals surface area contributed by atoms with Gasteiger partial charge in [0, 0.05) is 0 Å². The van der Waals surface area contributed by atoms with E-state index in [-0.39, 0.29) is 10.8 Å². The average Bonchev–Trinajstić information content (AvgIpc) is 1.78. The van der Waals surface area contributed by atoms with Crippen LogP contribution in [-0.4, -0.2) is 0 Å². The predicted octanol–water partition coefficient (Wildman–Crippen LogP) is 4.58. The van der Waals surface area contributed by atoms with Gasteiger partial charge in [0.05, 0.1) is 0 Å². The van der Waals surface area contributed by atoms with Crippen LogP contribution in [0.5, 0.6) is 0 Å². The van der Waals surface area contributed by atoms with Gasteiger partial charge in [-0.2, -0.15) is 0 Å². The third-order valence-electron chi connectivity index (χ3n) is 1.51. The van der Waals surface area contributed by atoms with E-state index in [4.69, 9.17) is 0 Å². The molecule has 0 aromatic heterocycles. The second-order valence-electron chi connectivity index (χ2n) is 5.95. The lowest BCUT2D eigenvalue weighted by Gasteiger charge is -2.14. The predicted molar refractivity (Wildman–Crippen MR) is 61.8 cm³/mol. The fraction of sp³-hybridized carbons (Fsp3) is 0.692. The topological polar surface area (TPSA) is 0 Å². The molecular weight excluding hydrogens is 156 g/mol. The van der Waals surface area contributed by atoms with Crippen molar-refractivity contribution >= 4 is 0 Å². The summed E-state index contributed by atoms with van der Waals surface area (Å²) in [7, 11) is 0. The van der Waals surface area contributed by atoms with E-state index in [9.17, 15) is 0 Å². The molecule has 0 aromatic rings. The molecule has 0 spiro atoms. The molecule has 0 saturated carbocycles. The summed E-state index contributed by atoms with van der Waals surface area (Å²) in [6, 6.07) is 0. The zero-order chi connectivity index (χ0) is 10.7. The van der Waals surface area contributed by atoms with Crippen molar-refractivity contribution in [2.75, 3.05) is 0 Å². The van der Waals surface area contributed by atoms with Crippen molar-refractivity contribution in [3.05, 3.63) is 23.8 Å². The molecule has 0 rings (SSSR count). The summed E-state index contributed by atoms with van der Waals surface area (Å²) >= 11 is 0. The van der Waals surface area contributed by atoms with Crippen molar-refractivity contribution in [2.24, 2.45) is 10.8 Å². The van der Waals surface area contributed by atoms with Gasteiger partial charge in [-0.15, -0.1) is 0 Å². The van der Waals surface area contributed by atoms with Crippen LogP contribution in [0, 0.1) is 10.8 Å². The maximum atomic E-state index is 2.30. The van der Waals surface area contributed by atoms with Crippen LogP contribution >= 0.6 is 0 Å². The van der Waals surface area contributed by atoms with Gasteiger partial charge in [-0.3, -0.25) is 0 Å². The Kier molecular flexibility index (Phi) is 3.96. The molecule has 76 valence electrons. The van der Waals surface area contributed by atoms with E-state index < -0.39 is 0 Å².